The first kappa shape index (κ1) is 22.4. The minimum absolute atomic E-state index is 0.0460. The lowest BCUT2D eigenvalue weighted by Crippen LogP contribution is -2.40. The number of amides is 1. The summed E-state index contributed by atoms with van der Waals surface area (Å²) in [7, 11) is -1.21. The zero-order valence-electron chi connectivity index (χ0n) is 19.1. The number of hydrogen-bond donors (Lipinski definition) is 0. The number of benzene rings is 1. The third kappa shape index (κ3) is 4.24. The van der Waals surface area contributed by atoms with E-state index in [1.807, 2.05) is 24.3 Å². The topological polar surface area (TPSA) is 90.2 Å². The molecule has 174 valence electrons. The smallest absolute Gasteiger partial charge is 0.254 e. The van der Waals surface area contributed by atoms with Gasteiger partial charge in [-0.05, 0) is 36.2 Å². The number of hydrogen-bond acceptors (Lipinski definition) is 6. The van der Waals surface area contributed by atoms with Gasteiger partial charge in [-0.3, -0.25) is 18.6 Å². The summed E-state index contributed by atoms with van der Waals surface area (Å²) in [5.41, 5.74) is 4.13. The van der Waals surface area contributed by atoms with Gasteiger partial charge in [0.2, 0.25) is 5.95 Å². The number of carbonyl (C=O) groups excluding carboxylic acids is 1. The minimum atomic E-state index is -1.21. The van der Waals surface area contributed by atoms with Crippen molar-refractivity contribution in [2.45, 2.75) is 18.2 Å². The van der Waals surface area contributed by atoms with Gasteiger partial charge in [0, 0.05) is 60.6 Å². The van der Waals surface area contributed by atoms with E-state index < -0.39 is 10.8 Å². The predicted octanol–water partition coefficient (Wildman–Crippen LogP) is 3.25. The van der Waals surface area contributed by atoms with Crippen LogP contribution in [0, 0.1) is 0 Å². The summed E-state index contributed by atoms with van der Waals surface area (Å²) in [4.78, 5) is 29.1. The van der Waals surface area contributed by atoms with E-state index in [9.17, 15) is 9.00 Å². The van der Waals surface area contributed by atoms with Crippen LogP contribution in [0.3, 0.4) is 0 Å². The van der Waals surface area contributed by atoms with Crippen molar-refractivity contribution in [3.05, 3.63) is 66.2 Å². The second-order valence-corrected chi connectivity index (χ2v) is 9.48. The number of carbonyl (C=O) groups is 1. The molecule has 0 N–H and O–H groups in total. The highest BCUT2D eigenvalue weighted by Crippen LogP contribution is 2.28. The maximum Gasteiger partial charge on any atom is 0.254 e. The zero-order chi connectivity index (χ0) is 23.7. The molecule has 34 heavy (non-hydrogen) atoms. The Morgan fingerprint density at radius 2 is 1.85 bits per heavy atom. The number of morpholine rings is 1. The molecule has 1 atom stereocenters. The lowest BCUT2D eigenvalue weighted by Gasteiger charge is -2.26. The fourth-order valence-corrected chi connectivity index (χ4v) is 4.84. The molecule has 0 spiro atoms. The molecular formula is C25H25N5O3S. The van der Waals surface area contributed by atoms with Crippen LogP contribution in [0.2, 0.25) is 0 Å². The Labute approximate surface area is 200 Å². The molecule has 1 aliphatic rings. The van der Waals surface area contributed by atoms with Gasteiger partial charge in [0.1, 0.15) is 0 Å². The molecule has 9 heteroatoms. The van der Waals surface area contributed by atoms with Crippen molar-refractivity contribution >= 4 is 27.6 Å². The molecule has 0 bridgehead atoms. The van der Waals surface area contributed by atoms with Gasteiger partial charge in [-0.1, -0.05) is 13.0 Å². The number of rotatable bonds is 5. The van der Waals surface area contributed by atoms with Crippen LogP contribution in [0.4, 0.5) is 0 Å². The molecule has 0 aliphatic carbocycles. The Balaban J connectivity index is 1.55. The summed E-state index contributed by atoms with van der Waals surface area (Å²) in [6.45, 7) is 4.32. The third-order valence-corrected chi connectivity index (χ3v) is 6.95. The van der Waals surface area contributed by atoms with Crippen molar-refractivity contribution in [3.8, 4) is 17.2 Å². The van der Waals surface area contributed by atoms with Gasteiger partial charge in [-0.25, -0.2) is 9.97 Å². The third-order valence-electron chi connectivity index (χ3n) is 6.01. The Morgan fingerprint density at radius 1 is 1.09 bits per heavy atom. The van der Waals surface area contributed by atoms with Crippen molar-refractivity contribution < 1.29 is 13.7 Å². The molecule has 5 rings (SSSR count). The molecule has 1 unspecified atom stereocenters. The Kier molecular flexibility index (Phi) is 6.21. The van der Waals surface area contributed by atoms with E-state index >= 15 is 0 Å². The standard InChI is InChI=1S/C25H25N5O3S/c1-3-17-6-7-26-21(12-17)19-14-27-25(28-15-19)30-16-23(34(2)32)20-5-4-18(13-22(20)30)24(31)29-8-10-33-11-9-29/h4-7,12-16H,3,8-11H2,1-2H3. The lowest BCUT2D eigenvalue weighted by atomic mass is 10.1. The lowest BCUT2D eigenvalue weighted by molar-refractivity contribution is 0.0303. The second-order valence-electron chi connectivity index (χ2n) is 8.13. The number of ether oxygens (including phenoxy) is 1. The molecule has 1 aromatic carbocycles. The first-order valence-electron chi connectivity index (χ1n) is 11.2. The van der Waals surface area contributed by atoms with Crippen molar-refractivity contribution in [2.24, 2.45) is 0 Å². The largest absolute Gasteiger partial charge is 0.378 e. The number of pyridine rings is 1. The predicted molar refractivity (Wildman–Crippen MR) is 131 cm³/mol. The van der Waals surface area contributed by atoms with Crippen LogP contribution < -0.4 is 0 Å². The van der Waals surface area contributed by atoms with Crippen LogP contribution in [0.1, 0.15) is 22.8 Å². The first-order valence-corrected chi connectivity index (χ1v) is 12.7. The second kappa shape index (κ2) is 9.44. The van der Waals surface area contributed by atoms with Crippen LogP contribution >= 0.6 is 0 Å². The van der Waals surface area contributed by atoms with Gasteiger partial charge in [0.15, 0.2) is 0 Å². The summed E-state index contributed by atoms with van der Waals surface area (Å²) in [6.07, 6.45) is 9.61. The summed E-state index contributed by atoms with van der Waals surface area (Å²) in [5.74, 6) is 0.392. The van der Waals surface area contributed by atoms with Gasteiger partial charge in [-0.15, -0.1) is 0 Å². The Morgan fingerprint density at radius 3 is 2.56 bits per heavy atom. The van der Waals surface area contributed by atoms with Gasteiger partial charge in [-0.2, -0.15) is 0 Å². The number of nitrogens with zero attached hydrogens (tertiary/aromatic N) is 5. The van der Waals surface area contributed by atoms with E-state index in [1.54, 1.807) is 46.6 Å². The van der Waals surface area contributed by atoms with E-state index in [2.05, 4.69) is 21.9 Å². The van der Waals surface area contributed by atoms with Crippen molar-refractivity contribution in [1.29, 1.82) is 0 Å². The Bertz CT molecular complexity index is 1380. The number of aromatic nitrogens is 4. The van der Waals surface area contributed by atoms with Gasteiger partial charge < -0.3 is 9.64 Å². The first-order chi connectivity index (χ1) is 16.5. The molecule has 0 radical (unpaired) electrons. The molecule has 1 fully saturated rings. The average Bonchev–Trinajstić information content (AvgIpc) is 3.28. The molecule has 4 aromatic rings. The summed E-state index contributed by atoms with van der Waals surface area (Å²) in [6, 6.07) is 9.49. The van der Waals surface area contributed by atoms with Crippen LogP contribution in [0.5, 0.6) is 0 Å². The highest BCUT2D eigenvalue weighted by atomic mass is 32.2. The van der Waals surface area contributed by atoms with Crippen molar-refractivity contribution in [1.82, 2.24) is 24.4 Å². The molecule has 1 aliphatic heterocycles. The van der Waals surface area contributed by atoms with E-state index in [0.29, 0.717) is 42.7 Å². The van der Waals surface area contributed by atoms with Crippen LogP contribution in [-0.2, 0) is 22.0 Å². The quantitative estimate of drug-likeness (QED) is 0.440. The maximum atomic E-state index is 13.0. The van der Waals surface area contributed by atoms with Crippen LogP contribution in [0.25, 0.3) is 28.1 Å². The summed E-state index contributed by atoms with van der Waals surface area (Å²) < 4.78 is 19.6. The zero-order valence-corrected chi connectivity index (χ0v) is 19.9. The van der Waals surface area contributed by atoms with E-state index in [-0.39, 0.29) is 5.91 Å². The average molecular weight is 476 g/mol. The van der Waals surface area contributed by atoms with Crippen LogP contribution in [-0.4, -0.2) is 67.1 Å². The summed E-state index contributed by atoms with van der Waals surface area (Å²) in [5, 5.41) is 0.810. The monoisotopic (exact) mass is 475 g/mol. The number of fused-ring (bicyclic) bond motifs is 1. The molecule has 4 heterocycles. The highest BCUT2D eigenvalue weighted by molar-refractivity contribution is 7.84. The van der Waals surface area contributed by atoms with Gasteiger partial charge >= 0.3 is 0 Å². The summed E-state index contributed by atoms with van der Waals surface area (Å²) >= 11 is 0. The molecule has 8 nitrogen and oxygen atoms in total. The molecule has 0 saturated carbocycles. The number of aryl methyl sites for hydroxylation is 1. The SMILES string of the molecule is CCc1ccnc(-c2cnc(-n3cc(S(C)=O)c4ccc(C(=O)N5CCOCC5)cc43)nc2)c1. The van der Waals surface area contributed by atoms with E-state index in [4.69, 9.17) is 4.74 Å². The highest BCUT2D eigenvalue weighted by Gasteiger charge is 2.21. The van der Waals surface area contributed by atoms with E-state index in [0.717, 1.165) is 28.6 Å². The van der Waals surface area contributed by atoms with E-state index in [1.165, 1.54) is 5.56 Å². The Hall–Kier alpha value is -3.43. The fourth-order valence-electron chi connectivity index (χ4n) is 4.10. The maximum absolute atomic E-state index is 13.0. The minimum Gasteiger partial charge on any atom is -0.378 e. The van der Waals surface area contributed by atoms with Gasteiger partial charge in [0.05, 0.1) is 40.1 Å². The molecule has 1 amide bonds. The van der Waals surface area contributed by atoms with Crippen molar-refractivity contribution in [2.75, 3.05) is 32.6 Å². The van der Waals surface area contributed by atoms with Crippen molar-refractivity contribution in [3.63, 3.8) is 0 Å². The molecule has 1 saturated heterocycles. The van der Waals surface area contributed by atoms with Crippen LogP contribution in [0.15, 0.2) is 60.0 Å². The fraction of sp³-hybridized carbons (Fsp3) is 0.280. The molecule has 3 aromatic heterocycles. The van der Waals surface area contributed by atoms with Gasteiger partial charge in [0.25, 0.3) is 5.91 Å². The normalized spacial score (nSPS) is 14.9. The molecular weight excluding hydrogens is 450 g/mol.